The van der Waals surface area contributed by atoms with Gasteiger partial charge in [-0.2, -0.15) is 0 Å². The fourth-order valence-electron chi connectivity index (χ4n) is 1.72. The Hall–Kier alpha value is -2.14. The van der Waals surface area contributed by atoms with Crippen LogP contribution in [0.5, 0.6) is 11.6 Å². The number of hydrogen-bond donors (Lipinski definition) is 1. The lowest BCUT2D eigenvalue weighted by molar-refractivity contribution is 0.283. The van der Waals surface area contributed by atoms with Crippen LogP contribution in [0.25, 0.3) is 0 Å². The number of ether oxygens (including phenoxy) is 2. The molecule has 0 radical (unpaired) electrons. The molecule has 2 aromatic rings. The maximum absolute atomic E-state index is 13.8. The third-order valence-electron chi connectivity index (χ3n) is 2.85. The molecular weight excluding hydrogens is 259 g/mol. The van der Waals surface area contributed by atoms with Crippen LogP contribution in [0.4, 0.5) is 4.39 Å². The Labute approximate surface area is 117 Å². The molecule has 0 saturated carbocycles. The second kappa shape index (κ2) is 6.34. The van der Waals surface area contributed by atoms with Gasteiger partial charge in [-0.3, -0.25) is 0 Å². The van der Waals surface area contributed by atoms with E-state index in [1.165, 1.54) is 6.07 Å². The van der Waals surface area contributed by atoms with Crippen molar-refractivity contribution in [1.29, 1.82) is 0 Å². The second-order valence-corrected chi connectivity index (χ2v) is 4.44. The molecule has 4 nitrogen and oxygen atoms in total. The number of aromatic nitrogens is 1. The van der Waals surface area contributed by atoms with Crippen LogP contribution >= 0.6 is 0 Å². The number of rotatable bonds is 5. The average molecular weight is 276 g/mol. The van der Waals surface area contributed by atoms with Crippen molar-refractivity contribution in [2.45, 2.75) is 19.6 Å². The van der Waals surface area contributed by atoms with Crippen molar-refractivity contribution >= 4 is 0 Å². The van der Waals surface area contributed by atoms with Gasteiger partial charge in [-0.05, 0) is 30.7 Å². The summed E-state index contributed by atoms with van der Waals surface area (Å²) in [5.74, 6) is 0.251. The van der Waals surface area contributed by atoms with Crippen molar-refractivity contribution in [3.63, 3.8) is 0 Å². The zero-order chi connectivity index (χ0) is 14.5. The molecule has 1 atom stereocenters. The van der Waals surface area contributed by atoms with Crippen LogP contribution < -0.4 is 15.2 Å². The van der Waals surface area contributed by atoms with Gasteiger partial charge >= 0.3 is 0 Å². The minimum atomic E-state index is -0.428. The molecule has 0 saturated heterocycles. The van der Waals surface area contributed by atoms with E-state index in [1.54, 1.807) is 44.4 Å². The van der Waals surface area contributed by atoms with E-state index >= 15 is 0 Å². The first-order valence-electron chi connectivity index (χ1n) is 6.28. The van der Waals surface area contributed by atoms with Crippen molar-refractivity contribution in [3.8, 4) is 11.6 Å². The van der Waals surface area contributed by atoms with Gasteiger partial charge in [0.1, 0.15) is 6.61 Å². The highest BCUT2D eigenvalue weighted by molar-refractivity contribution is 5.31. The van der Waals surface area contributed by atoms with Crippen molar-refractivity contribution in [2.24, 2.45) is 5.73 Å². The highest BCUT2D eigenvalue weighted by Crippen LogP contribution is 2.22. The van der Waals surface area contributed by atoms with Crippen LogP contribution in [0.2, 0.25) is 0 Å². The van der Waals surface area contributed by atoms with Gasteiger partial charge in [-0.1, -0.05) is 12.1 Å². The molecule has 0 spiro atoms. The molecule has 1 heterocycles. The summed E-state index contributed by atoms with van der Waals surface area (Å²) in [5, 5.41) is 0. The van der Waals surface area contributed by atoms with Gasteiger partial charge in [-0.25, -0.2) is 9.37 Å². The van der Waals surface area contributed by atoms with E-state index in [2.05, 4.69) is 4.98 Å². The minimum absolute atomic E-state index is 0.172. The van der Waals surface area contributed by atoms with Crippen LogP contribution in [0.15, 0.2) is 36.4 Å². The molecule has 0 amide bonds. The maximum atomic E-state index is 13.8. The van der Waals surface area contributed by atoms with E-state index in [0.29, 0.717) is 11.6 Å². The summed E-state index contributed by atoms with van der Waals surface area (Å²) in [6, 6.07) is 9.84. The lowest BCUT2D eigenvalue weighted by Gasteiger charge is -2.10. The fourth-order valence-corrected chi connectivity index (χ4v) is 1.72. The molecule has 5 heteroatoms. The number of halogens is 1. The monoisotopic (exact) mass is 276 g/mol. The smallest absolute Gasteiger partial charge is 0.213 e. The van der Waals surface area contributed by atoms with Gasteiger partial charge in [0.25, 0.3) is 0 Å². The normalized spacial score (nSPS) is 12.0. The number of benzene rings is 1. The molecule has 2 rings (SSSR count). The Morgan fingerprint density at radius 3 is 2.75 bits per heavy atom. The second-order valence-electron chi connectivity index (χ2n) is 4.44. The van der Waals surface area contributed by atoms with Gasteiger partial charge in [0.15, 0.2) is 11.6 Å². The Balaban J connectivity index is 2.07. The SMILES string of the molecule is COc1cccc(COc2ccc([C@@H](C)N)cc2F)n1. The van der Waals surface area contributed by atoms with E-state index in [1.807, 2.05) is 0 Å². The summed E-state index contributed by atoms with van der Waals surface area (Å²) in [6.45, 7) is 1.97. The number of methoxy groups -OCH3 is 1. The predicted molar refractivity (Wildman–Crippen MR) is 74.1 cm³/mol. The van der Waals surface area contributed by atoms with Crippen molar-refractivity contribution in [3.05, 3.63) is 53.5 Å². The fraction of sp³-hybridized carbons (Fsp3) is 0.267. The zero-order valence-corrected chi connectivity index (χ0v) is 11.5. The average Bonchev–Trinajstić information content (AvgIpc) is 2.46. The predicted octanol–water partition coefficient (Wildman–Crippen LogP) is 2.83. The summed E-state index contributed by atoms with van der Waals surface area (Å²) < 4.78 is 24.3. The lowest BCUT2D eigenvalue weighted by Crippen LogP contribution is -2.06. The van der Waals surface area contributed by atoms with E-state index in [-0.39, 0.29) is 18.4 Å². The molecule has 0 aliphatic heterocycles. The van der Waals surface area contributed by atoms with E-state index in [9.17, 15) is 4.39 Å². The number of nitrogens with two attached hydrogens (primary N) is 1. The molecule has 0 bridgehead atoms. The summed E-state index contributed by atoms with van der Waals surface area (Å²) in [6.07, 6.45) is 0. The van der Waals surface area contributed by atoms with Crippen molar-refractivity contribution in [2.75, 3.05) is 7.11 Å². The molecular formula is C15H17FN2O2. The van der Waals surface area contributed by atoms with Crippen molar-refractivity contribution in [1.82, 2.24) is 4.98 Å². The maximum Gasteiger partial charge on any atom is 0.213 e. The van der Waals surface area contributed by atoms with Gasteiger partial charge in [0.05, 0.1) is 12.8 Å². The van der Waals surface area contributed by atoms with Gasteiger partial charge in [0, 0.05) is 12.1 Å². The summed E-state index contributed by atoms with van der Waals surface area (Å²) >= 11 is 0. The van der Waals surface area contributed by atoms with Crippen LogP contribution in [-0.4, -0.2) is 12.1 Å². The lowest BCUT2D eigenvalue weighted by atomic mass is 10.1. The van der Waals surface area contributed by atoms with E-state index in [0.717, 1.165) is 5.56 Å². The highest BCUT2D eigenvalue weighted by atomic mass is 19.1. The molecule has 0 aliphatic carbocycles. The molecule has 106 valence electrons. The first-order chi connectivity index (χ1) is 9.60. The Morgan fingerprint density at radius 2 is 2.10 bits per heavy atom. The first kappa shape index (κ1) is 14.3. The Bertz CT molecular complexity index is 588. The van der Waals surface area contributed by atoms with Gasteiger partial charge in [-0.15, -0.1) is 0 Å². The van der Waals surface area contributed by atoms with Crippen LogP contribution in [0.3, 0.4) is 0 Å². The summed E-state index contributed by atoms with van der Waals surface area (Å²) in [7, 11) is 1.54. The van der Waals surface area contributed by atoms with E-state index in [4.69, 9.17) is 15.2 Å². The topological polar surface area (TPSA) is 57.4 Å². The number of pyridine rings is 1. The Kier molecular flexibility index (Phi) is 4.53. The highest BCUT2D eigenvalue weighted by Gasteiger charge is 2.08. The standard InChI is InChI=1S/C15H17FN2O2/c1-10(17)11-6-7-14(13(16)8-11)20-9-12-4-3-5-15(18-12)19-2/h3-8,10H,9,17H2,1-2H3/t10-/m1/s1. The summed E-state index contributed by atoms with van der Waals surface area (Å²) in [4.78, 5) is 4.19. The summed E-state index contributed by atoms with van der Waals surface area (Å²) in [5.41, 5.74) is 7.10. The molecule has 1 aromatic heterocycles. The quantitative estimate of drug-likeness (QED) is 0.912. The molecule has 1 aromatic carbocycles. The van der Waals surface area contributed by atoms with Crippen LogP contribution in [0, 0.1) is 5.82 Å². The third kappa shape index (κ3) is 3.45. The zero-order valence-electron chi connectivity index (χ0n) is 11.5. The van der Waals surface area contributed by atoms with Crippen LogP contribution in [0.1, 0.15) is 24.2 Å². The minimum Gasteiger partial charge on any atom is -0.484 e. The molecule has 0 aliphatic rings. The number of hydrogen-bond acceptors (Lipinski definition) is 4. The molecule has 0 unspecified atom stereocenters. The Morgan fingerprint density at radius 1 is 1.30 bits per heavy atom. The number of nitrogens with zero attached hydrogens (tertiary/aromatic N) is 1. The van der Waals surface area contributed by atoms with E-state index < -0.39 is 5.82 Å². The van der Waals surface area contributed by atoms with Crippen LogP contribution in [-0.2, 0) is 6.61 Å². The largest absolute Gasteiger partial charge is 0.484 e. The van der Waals surface area contributed by atoms with Crippen molar-refractivity contribution < 1.29 is 13.9 Å². The molecule has 0 fully saturated rings. The molecule has 20 heavy (non-hydrogen) atoms. The van der Waals surface area contributed by atoms with Gasteiger partial charge < -0.3 is 15.2 Å². The molecule has 2 N–H and O–H groups in total. The van der Waals surface area contributed by atoms with Gasteiger partial charge in [0.2, 0.25) is 5.88 Å². The third-order valence-corrected chi connectivity index (χ3v) is 2.85. The first-order valence-corrected chi connectivity index (χ1v) is 6.28.